The number of ketones is 1. The summed E-state index contributed by atoms with van der Waals surface area (Å²) >= 11 is 1.27. The molecule has 2 atom stereocenters. The first-order valence-corrected chi connectivity index (χ1v) is 14.7. The highest BCUT2D eigenvalue weighted by Gasteiger charge is 2.33. The number of Topliss-reactive ketones (excluding diaryl/α,β-unsaturated/α-hetero) is 1. The molecule has 31 heavy (non-hydrogen) atoms. The minimum Gasteiger partial charge on any atom is -0.344 e. The molecule has 0 saturated carbocycles. The Balaban J connectivity index is 1.46. The van der Waals surface area contributed by atoms with E-state index in [-0.39, 0.29) is 46.5 Å². The molecule has 2 saturated heterocycles. The molecule has 4 heterocycles. The summed E-state index contributed by atoms with van der Waals surface area (Å²) in [6.07, 6.45) is 1.11. The van der Waals surface area contributed by atoms with Gasteiger partial charge in [0.15, 0.2) is 30.6 Å². The highest BCUT2D eigenvalue weighted by Crippen LogP contribution is 2.31. The Kier molecular flexibility index (Phi) is 5.84. The van der Waals surface area contributed by atoms with Crippen LogP contribution in [0.4, 0.5) is 0 Å². The average molecular weight is 487 g/mol. The van der Waals surface area contributed by atoms with E-state index in [2.05, 4.69) is 10.2 Å². The van der Waals surface area contributed by atoms with Gasteiger partial charge in [0, 0.05) is 36.0 Å². The Morgan fingerprint density at radius 3 is 2.39 bits per heavy atom. The molecule has 0 bridgehead atoms. The predicted molar refractivity (Wildman–Crippen MR) is 118 cm³/mol. The molecule has 0 N–H and O–H groups in total. The number of thioether (sulfide) groups is 1. The number of hydrogen-bond donors (Lipinski definition) is 0. The Morgan fingerprint density at radius 1 is 1.10 bits per heavy atom. The highest BCUT2D eigenvalue weighted by atomic mass is 32.2. The van der Waals surface area contributed by atoms with Crippen molar-refractivity contribution in [3.8, 4) is 0 Å². The molecule has 0 spiro atoms. The summed E-state index contributed by atoms with van der Waals surface area (Å²) in [5, 5.41) is 8.90. The lowest BCUT2D eigenvalue weighted by atomic mass is 10.1. The molecule has 0 aliphatic carbocycles. The van der Waals surface area contributed by atoms with Crippen LogP contribution in [0.5, 0.6) is 0 Å². The Hall–Kier alpha value is -1.66. The summed E-state index contributed by atoms with van der Waals surface area (Å²) in [4.78, 5) is 12.9. The zero-order chi connectivity index (χ0) is 22.6. The molecule has 2 aliphatic rings. The Morgan fingerprint density at radius 2 is 1.77 bits per heavy atom. The third-order valence-electron chi connectivity index (χ3n) is 6.16. The molecule has 0 radical (unpaired) electrons. The summed E-state index contributed by atoms with van der Waals surface area (Å²) in [5.74, 6) is 1.15. The monoisotopic (exact) mass is 486 g/mol. The van der Waals surface area contributed by atoms with Gasteiger partial charge in [-0.2, -0.15) is 0 Å². The van der Waals surface area contributed by atoms with E-state index in [0.717, 1.165) is 11.4 Å². The third kappa shape index (κ3) is 4.47. The molecule has 2 aromatic rings. The van der Waals surface area contributed by atoms with Gasteiger partial charge in [-0.1, -0.05) is 11.8 Å². The van der Waals surface area contributed by atoms with Gasteiger partial charge in [0.25, 0.3) is 0 Å². The topological polar surface area (TPSA) is 121 Å². The van der Waals surface area contributed by atoms with Gasteiger partial charge in [0.1, 0.15) is 5.82 Å². The maximum absolute atomic E-state index is 12.9. The van der Waals surface area contributed by atoms with Crippen molar-refractivity contribution in [3.63, 3.8) is 0 Å². The molecular weight excluding hydrogens is 460 g/mol. The highest BCUT2D eigenvalue weighted by molar-refractivity contribution is 7.99. The van der Waals surface area contributed by atoms with Crippen LogP contribution in [0.2, 0.25) is 0 Å². The van der Waals surface area contributed by atoms with Gasteiger partial charge in [-0.25, -0.2) is 16.8 Å². The number of rotatable bonds is 6. The van der Waals surface area contributed by atoms with E-state index in [9.17, 15) is 21.6 Å². The molecule has 12 heteroatoms. The number of aromatic nitrogens is 4. The summed E-state index contributed by atoms with van der Waals surface area (Å²) in [5.41, 5.74) is 2.27. The number of sulfone groups is 2. The second kappa shape index (κ2) is 8.04. The zero-order valence-corrected chi connectivity index (χ0v) is 20.2. The van der Waals surface area contributed by atoms with Crippen LogP contribution in [0.1, 0.15) is 52.4 Å². The second-order valence-corrected chi connectivity index (χ2v) is 13.8. The normalized spacial score (nSPS) is 24.6. The van der Waals surface area contributed by atoms with Crippen molar-refractivity contribution in [2.24, 2.45) is 7.05 Å². The van der Waals surface area contributed by atoms with E-state index >= 15 is 0 Å². The number of nitrogens with zero attached hydrogens (tertiary/aromatic N) is 4. The minimum atomic E-state index is -3.02. The largest absolute Gasteiger partial charge is 0.344 e. The molecule has 4 rings (SSSR count). The summed E-state index contributed by atoms with van der Waals surface area (Å²) in [7, 11) is -4.24. The lowest BCUT2D eigenvalue weighted by Crippen LogP contribution is -2.14. The standard InChI is InChI=1S/C19H26N4O5S3/c1-12-8-16(13(2)23(12)15-5-7-31(27,28)11-15)17(24)9-29-19-21-20-18(22(19)3)14-4-6-30(25,26)10-14/h8,14-15H,4-7,9-11H2,1-3H3/t14-,15-/m1/s1. The number of hydrogen-bond acceptors (Lipinski definition) is 8. The maximum atomic E-state index is 12.9. The van der Waals surface area contributed by atoms with Crippen LogP contribution in [0.25, 0.3) is 0 Å². The van der Waals surface area contributed by atoms with Gasteiger partial charge in [-0.15, -0.1) is 10.2 Å². The van der Waals surface area contributed by atoms with E-state index in [1.54, 1.807) is 11.6 Å². The van der Waals surface area contributed by atoms with E-state index in [4.69, 9.17) is 0 Å². The summed E-state index contributed by atoms with van der Waals surface area (Å²) in [6.45, 7) is 3.75. The van der Waals surface area contributed by atoms with Gasteiger partial charge in [-0.05, 0) is 32.8 Å². The van der Waals surface area contributed by atoms with Crippen LogP contribution in [0.15, 0.2) is 11.2 Å². The van der Waals surface area contributed by atoms with Crippen molar-refractivity contribution in [1.29, 1.82) is 0 Å². The first kappa shape index (κ1) is 22.5. The van der Waals surface area contributed by atoms with Crippen molar-refractivity contribution in [2.45, 2.75) is 43.8 Å². The van der Waals surface area contributed by atoms with Crippen LogP contribution < -0.4 is 0 Å². The molecule has 2 aliphatic heterocycles. The van der Waals surface area contributed by atoms with Crippen LogP contribution in [-0.4, -0.2) is 70.7 Å². The molecule has 0 amide bonds. The second-order valence-electron chi connectivity index (χ2n) is 8.42. The van der Waals surface area contributed by atoms with Crippen molar-refractivity contribution < 1.29 is 21.6 Å². The average Bonchev–Trinajstić information content (AvgIpc) is 3.40. The van der Waals surface area contributed by atoms with Crippen LogP contribution in [0, 0.1) is 13.8 Å². The summed E-state index contributed by atoms with van der Waals surface area (Å²) in [6, 6.07) is 1.71. The smallest absolute Gasteiger partial charge is 0.191 e. The van der Waals surface area contributed by atoms with Gasteiger partial charge in [-0.3, -0.25) is 4.79 Å². The van der Waals surface area contributed by atoms with Gasteiger partial charge in [0.2, 0.25) is 0 Å². The van der Waals surface area contributed by atoms with Gasteiger partial charge in [0.05, 0.1) is 28.8 Å². The van der Waals surface area contributed by atoms with Gasteiger partial charge < -0.3 is 9.13 Å². The first-order chi connectivity index (χ1) is 14.5. The number of carbonyl (C=O) groups excluding carboxylic acids is 1. The fourth-order valence-electron chi connectivity index (χ4n) is 4.61. The molecule has 2 fully saturated rings. The third-order valence-corrected chi connectivity index (χ3v) is 10.7. The van der Waals surface area contributed by atoms with Crippen LogP contribution in [0.3, 0.4) is 0 Å². The maximum Gasteiger partial charge on any atom is 0.191 e. The van der Waals surface area contributed by atoms with E-state index in [0.29, 0.717) is 29.4 Å². The predicted octanol–water partition coefficient (Wildman–Crippen LogP) is 1.47. The van der Waals surface area contributed by atoms with Crippen molar-refractivity contribution in [3.05, 3.63) is 28.8 Å². The Bertz CT molecular complexity index is 1240. The van der Waals surface area contributed by atoms with E-state index in [1.165, 1.54) is 11.8 Å². The SMILES string of the molecule is Cc1cc(C(=O)CSc2nnc([C@@H]3CCS(=O)(=O)C3)n2C)c(C)n1[C@@H]1CCS(=O)(=O)C1. The molecule has 170 valence electrons. The quantitative estimate of drug-likeness (QED) is 0.445. The molecule has 0 aromatic carbocycles. The minimum absolute atomic E-state index is 0.0572. The van der Waals surface area contributed by atoms with E-state index in [1.807, 2.05) is 24.5 Å². The molecule has 2 aromatic heterocycles. The molecule has 0 unspecified atom stereocenters. The molecular formula is C19H26N4O5S3. The number of carbonyl (C=O) groups is 1. The van der Waals surface area contributed by atoms with Crippen molar-refractivity contribution in [2.75, 3.05) is 28.8 Å². The number of aryl methyl sites for hydroxylation is 1. The zero-order valence-electron chi connectivity index (χ0n) is 17.7. The fourth-order valence-corrected chi connectivity index (χ4v) is 8.85. The lowest BCUT2D eigenvalue weighted by molar-refractivity contribution is 0.102. The van der Waals surface area contributed by atoms with Crippen LogP contribution >= 0.6 is 11.8 Å². The molecule has 9 nitrogen and oxygen atoms in total. The first-order valence-electron chi connectivity index (χ1n) is 10.1. The Labute approximate surface area is 186 Å². The lowest BCUT2D eigenvalue weighted by Gasteiger charge is -2.16. The van der Waals surface area contributed by atoms with E-state index < -0.39 is 19.7 Å². The van der Waals surface area contributed by atoms with Crippen molar-refractivity contribution in [1.82, 2.24) is 19.3 Å². The summed E-state index contributed by atoms with van der Waals surface area (Å²) < 4.78 is 51.0. The van der Waals surface area contributed by atoms with Gasteiger partial charge >= 0.3 is 0 Å². The van der Waals surface area contributed by atoms with Crippen LogP contribution in [-0.2, 0) is 26.7 Å². The van der Waals surface area contributed by atoms with Crippen molar-refractivity contribution >= 4 is 37.2 Å². The fraction of sp³-hybridized carbons (Fsp3) is 0.632.